The van der Waals surface area contributed by atoms with Crippen molar-refractivity contribution in [3.63, 3.8) is 0 Å². The monoisotopic (exact) mass is 229 g/mol. The summed E-state index contributed by atoms with van der Waals surface area (Å²) >= 11 is 0. The maximum atomic E-state index is 11.9. The average Bonchev–Trinajstić information content (AvgIpc) is 2.29. The van der Waals surface area contributed by atoms with E-state index in [1.165, 1.54) is 4.90 Å². The van der Waals surface area contributed by atoms with E-state index in [9.17, 15) is 9.59 Å². The number of carboxylic acids is 1. The molecule has 1 amide bonds. The Kier molecular flexibility index (Phi) is 2.86. The molecule has 6 nitrogen and oxygen atoms in total. The summed E-state index contributed by atoms with van der Waals surface area (Å²) in [6.45, 7) is 0.993. The number of aliphatic carboxylic acids is 1. The van der Waals surface area contributed by atoms with Crippen LogP contribution in [0.5, 0.6) is 0 Å². The molecule has 16 heavy (non-hydrogen) atoms. The van der Waals surface area contributed by atoms with Gasteiger partial charge in [0.15, 0.2) is 6.04 Å². The fraction of sp³-hybridized carbons (Fsp3) is 0.800. The average molecular weight is 229 g/mol. The molecule has 2 N–H and O–H groups in total. The van der Waals surface area contributed by atoms with Gasteiger partial charge in [-0.25, -0.2) is 4.79 Å². The molecule has 2 rings (SSSR count). The molecule has 0 saturated carbocycles. The van der Waals surface area contributed by atoms with Crippen molar-refractivity contribution in [1.29, 1.82) is 0 Å². The van der Waals surface area contributed by atoms with E-state index in [0.717, 1.165) is 0 Å². The van der Waals surface area contributed by atoms with E-state index in [4.69, 9.17) is 14.9 Å². The SMILES string of the molecule is O=C(O)[C@H](CO)N1CC2(CCOCC2)C1=O. The second-order valence-electron chi connectivity index (χ2n) is 4.36. The van der Waals surface area contributed by atoms with E-state index in [0.29, 0.717) is 32.6 Å². The number of aliphatic hydroxyl groups excluding tert-OH is 1. The van der Waals surface area contributed by atoms with Gasteiger partial charge in [-0.2, -0.15) is 0 Å². The zero-order valence-electron chi connectivity index (χ0n) is 8.89. The van der Waals surface area contributed by atoms with Gasteiger partial charge in [-0.1, -0.05) is 0 Å². The largest absolute Gasteiger partial charge is 0.480 e. The Bertz CT molecular complexity index is 310. The second kappa shape index (κ2) is 4.03. The fourth-order valence-electron chi connectivity index (χ4n) is 2.37. The topological polar surface area (TPSA) is 87.1 Å². The van der Waals surface area contributed by atoms with Gasteiger partial charge in [-0.05, 0) is 12.8 Å². The third-order valence-corrected chi connectivity index (χ3v) is 3.47. The molecule has 0 radical (unpaired) electrons. The second-order valence-corrected chi connectivity index (χ2v) is 4.36. The van der Waals surface area contributed by atoms with Gasteiger partial charge >= 0.3 is 5.97 Å². The number of aliphatic hydroxyl groups is 1. The number of likely N-dealkylation sites (tertiary alicyclic amines) is 1. The molecule has 1 spiro atoms. The Labute approximate surface area is 92.8 Å². The minimum atomic E-state index is -1.15. The third-order valence-electron chi connectivity index (χ3n) is 3.47. The van der Waals surface area contributed by atoms with Crippen LogP contribution < -0.4 is 0 Å². The number of hydrogen-bond donors (Lipinski definition) is 2. The van der Waals surface area contributed by atoms with Crippen molar-refractivity contribution in [2.45, 2.75) is 18.9 Å². The molecular weight excluding hydrogens is 214 g/mol. The molecule has 1 atom stereocenters. The molecule has 0 unspecified atom stereocenters. The smallest absolute Gasteiger partial charge is 0.328 e. The van der Waals surface area contributed by atoms with Crippen LogP contribution in [0.25, 0.3) is 0 Å². The van der Waals surface area contributed by atoms with Crippen LogP contribution in [-0.4, -0.2) is 59.4 Å². The minimum absolute atomic E-state index is 0.155. The first-order chi connectivity index (χ1) is 7.60. The zero-order valence-corrected chi connectivity index (χ0v) is 8.89. The Balaban J connectivity index is 2.03. The molecule has 2 fully saturated rings. The van der Waals surface area contributed by atoms with Gasteiger partial charge in [0.1, 0.15) is 0 Å². The lowest BCUT2D eigenvalue weighted by molar-refractivity contribution is -0.181. The van der Waals surface area contributed by atoms with Gasteiger partial charge in [0.25, 0.3) is 0 Å². The first-order valence-corrected chi connectivity index (χ1v) is 5.33. The number of hydrogen-bond acceptors (Lipinski definition) is 4. The van der Waals surface area contributed by atoms with E-state index in [1.54, 1.807) is 0 Å². The van der Waals surface area contributed by atoms with Crippen molar-refractivity contribution >= 4 is 11.9 Å². The summed E-state index contributed by atoms with van der Waals surface area (Å²) in [4.78, 5) is 24.0. The summed E-state index contributed by atoms with van der Waals surface area (Å²) in [7, 11) is 0. The number of ether oxygens (including phenoxy) is 1. The van der Waals surface area contributed by atoms with Gasteiger partial charge in [0.05, 0.1) is 12.0 Å². The summed E-state index contributed by atoms with van der Waals surface area (Å²) in [5.74, 6) is -1.31. The standard InChI is InChI=1S/C10H15NO5/c12-5-7(8(13)14)11-6-10(9(11)15)1-3-16-4-2-10/h7,12H,1-6H2,(H,13,14)/t7-/m0/s1. The van der Waals surface area contributed by atoms with Crippen molar-refractivity contribution in [1.82, 2.24) is 4.90 Å². The lowest BCUT2D eigenvalue weighted by Gasteiger charge is -2.52. The fourth-order valence-corrected chi connectivity index (χ4v) is 2.37. The molecule has 0 aromatic carbocycles. The van der Waals surface area contributed by atoms with E-state index in [2.05, 4.69) is 0 Å². The molecule has 2 heterocycles. The number of carbonyl (C=O) groups is 2. The lowest BCUT2D eigenvalue weighted by atomic mass is 9.72. The molecule has 90 valence electrons. The molecule has 0 aliphatic carbocycles. The minimum Gasteiger partial charge on any atom is -0.480 e. The van der Waals surface area contributed by atoms with Crippen molar-refractivity contribution in [2.24, 2.45) is 5.41 Å². The normalized spacial score (nSPS) is 25.3. The summed E-state index contributed by atoms with van der Waals surface area (Å²) in [6, 6.07) is -1.10. The third kappa shape index (κ3) is 1.58. The predicted molar refractivity (Wildman–Crippen MR) is 52.7 cm³/mol. The van der Waals surface area contributed by atoms with Crippen LogP contribution in [0.15, 0.2) is 0 Å². The van der Waals surface area contributed by atoms with Crippen LogP contribution in [0.4, 0.5) is 0 Å². The maximum absolute atomic E-state index is 11.9. The molecule has 0 bridgehead atoms. The summed E-state index contributed by atoms with van der Waals surface area (Å²) in [5, 5.41) is 17.8. The number of carboxylic acid groups (broad SMARTS) is 1. The Morgan fingerprint density at radius 2 is 2.12 bits per heavy atom. The Morgan fingerprint density at radius 1 is 1.50 bits per heavy atom. The highest BCUT2D eigenvalue weighted by Gasteiger charge is 2.55. The highest BCUT2D eigenvalue weighted by Crippen LogP contribution is 2.42. The van der Waals surface area contributed by atoms with E-state index in [1.807, 2.05) is 0 Å². The van der Waals surface area contributed by atoms with Gasteiger partial charge in [-0.15, -0.1) is 0 Å². The molecular formula is C10H15NO5. The van der Waals surface area contributed by atoms with Crippen LogP contribution in [0, 0.1) is 5.41 Å². The van der Waals surface area contributed by atoms with Gasteiger partial charge < -0.3 is 19.8 Å². The van der Waals surface area contributed by atoms with Crippen LogP contribution in [0.1, 0.15) is 12.8 Å². The number of β-lactam (4-membered cyclic amide) rings is 1. The van der Waals surface area contributed by atoms with E-state index < -0.39 is 24.0 Å². The Morgan fingerprint density at radius 3 is 2.56 bits per heavy atom. The van der Waals surface area contributed by atoms with Gasteiger partial charge in [-0.3, -0.25) is 4.79 Å². The van der Waals surface area contributed by atoms with Crippen LogP contribution in [0.2, 0.25) is 0 Å². The molecule has 2 aliphatic heterocycles. The van der Waals surface area contributed by atoms with Gasteiger partial charge in [0, 0.05) is 19.8 Å². The van der Waals surface area contributed by atoms with Crippen molar-refractivity contribution < 1.29 is 24.5 Å². The quantitative estimate of drug-likeness (QED) is 0.610. The molecule has 2 aliphatic rings. The number of amides is 1. The molecule has 2 saturated heterocycles. The van der Waals surface area contributed by atoms with E-state index in [-0.39, 0.29) is 5.91 Å². The van der Waals surface area contributed by atoms with Crippen LogP contribution in [0.3, 0.4) is 0 Å². The zero-order chi connectivity index (χ0) is 11.8. The molecule has 0 aromatic heterocycles. The van der Waals surface area contributed by atoms with Crippen molar-refractivity contribution in [2.75, 3.05) is 26.4 Å². The number of nitrogens with zero attached hydrogens (tertiary/aromatic N) is 1. The molecule has 0 aromatic rings. The number of carbonyl (C=O) groups excluding carboxylic acids is 1. The first-order valence-electron chi connectivity index (χ1n) is 5.33. The predicted octanol–water partition coefficient (Wildman–Crippen LogP) is -0.929. The highest BCUT2D eigenvalue weighted by atomic mass is 16.5. The summed E-state index contributed by atoms with van der Waals surface area (Å²) in [6.07, 6.45) is 1.31. The highest BCUT2D eigenvalue weighted by molar-refractivity contribution is 5.92. The van der Waals surface area contributed by atoms with Crippen molar-refractivity contribution in [3.8, 4) is 0 Å². The lowest BCUT2D eigenvalue weighted by Crippen LogP contribution is -2.68. The van der Waals surface area contributed by atoms with Crippen molar-refractivity contribution in [3.05, 3.63) is 0 Å². The maximum Gasteiger partial charge on any atom is 0.328 e. The van der Waals surface area contributed by atoms with Crippen LogP contribution in [-0.2, 0) is 14.3 Å². The summed E-state index contributed by atoms with van der Waals surface area (Å²) < 4.78 is 5.18. The van der Waals surface area contributed by atoms with Crippen LogP contribution >= 0.6 is 0 Å². The Hall–Kier alpha value is -1.14. The van der Waals surface area contributed by atoms with Gasteiger partial charge in [0.2, 0.25) is 5.91 Å². The molecule has 6 heteroatoms. The number of rotatable bonds is 3. The summed E-state index contributed by atoms with van der Waals surface area (Å²) in [5.41, 5.74) is -0.416. The van der Waals surface area contributed by atoms with E-state index >= 15 is 0 Å². The first kappa shape index (κ1) is 11.3.